The number of hydrogen-bond donors (Lipinski definition) is 0. The summed E-state index contributed by atoms with van der Waals surface area (Å²) in [6, 6.07) is 0. The standard InChI is InChI=1S/C8H9NO4/c1-2-3-8(12)13-9-6(10)4-5-7(9)11/h4-5H,2-3H2,1H3. The van der Waals surface area contributed by atoms with Crippen LogP contribution in [0, 0.1) is 0 Å². The number of imide groups is 1. The first kappa shape index (κ1) is 9.44. The molecule has 1 rings (SSSR count). The van der Waals surface area contributed by atoms with E-state index in [1.165, 1.54) is 0 Å². The molecule has 0 saturated heterocycles. The molecule has 0 N–H and O–H groups in total. The molecule has 0 radical (unpaired) electrons. The molecule has 0 spiro atoms. The van der Waals surface area contributed by atoms with Crippen molar-refractivity contribution in [2.75, 3.05) is 0 Å². The van der Waals surface area contributed by atoms with E-state index in [-0.39, 0.29) is 6.42 Å². The fraction of sp³-hybridized carbons (Fsp3) is 0.375. The molecule has 1 heterocycles. The maximum absolute atomic E-state index is 10.9. The van der Waals surface area contributed by atoms with E-state index in [2.05, 4.69) is 4.84 Å². The molecule has 70 valence electrons. The predicted octanol–water partition coefficient (Wildman–Crippen LogP) is 0.170. The molecule has 0 aliphatic carbocycles. The van der Waals surface area contributed by atoms with Crippen LogP contribution in [0.3, 0.4) is 0 Å². The van der Waals surface area contributed by atoms with Crippen molar-refractivity contribution in [1.29, 1.82) is 0 Å². The molecular formula is C8H9NO4. The average Bonchev–Trinajstić information content (AvgIpc) is 2.36. The van der Waals surface area contributed by atoms with Gasteiger partial charge in [0.05, 0.1) is 0 Å². The highest BCUT2D eigenvalue weighted by Gasteiger charge is 2.27. The summed E-state index contributed by atoms with van der Waals surface area (Å²) in [7, 11) is 0. The van der Waals surface area contributed by atoms with E-state index in [0.717, 1.165) is 12.2 Å². The Morgan fingerprint density at radius 2 is 1.92 bits per heavy atom. The van der Waals surface area contributed by atoms with Crippen LogP contribution in [0.4, 0.5) is 0 Å². The predicted molar refractivity (Wildman–Crippen MR) is 42.0 cm³/mol. The van der Waals surface area contributed by atoms with E-state index >= 15 is 0 Å². The van der Waals surface area contributed by atoms with Gasteiger partial charge in [0.1, 0.15) is 0 Å². The molecule has 1 aliphatic heterocycles. The zero-order valence-electron chi connectivity index (χ0n) is 7.15. The number of rotatable bonds is 3. The quantitative estimate of drug-likeness (QED) is 0.585. The fourth-order valence-electron chi connectivity index (χ4n) is 0.828. The SMILES string of the molecule is CCCC(=O)ON1C(=O)C=CC1=O. The summed E-state index contributed by atoms with van der Waals surface area (Å²) in [4.78, 5) is 37.1. The van der Waals surface area contributed by atoms with Gasteiger partial charge >= 0.3 is 5.97 Å². The summed E-state index contributed by atoms with van der Waals surface area (Å²) in [5.41, 5.74) is 0. The molecule has 0 unspecified atom stereocenters. The van der Waals surface area contributed by atoms with Crippen LogP contribution in [0.2, 0.25) is 0 Å². The Balaban J connectivity index is 2.50. The lowest BCUT2D eigenvalue weighted by molar-refractivity contribution is -0.196. The molecule has 0 atom stereocenters. The van der Waals surface area contributed by atoms with Crippen molar-refractivity contribution in [1.82, 2.24) is 5.06 Å². The Morgan fingerprint density at radius 3 is 2.38 bits per heavy atom. The van der Waals surface area contributed by atoms with Crippen molar-refractivity contribution in [2.45, 2.75) is 19.8 Å². The van der Waals surface area contributed by atoms with E-state index in [0.29, 0.717) is 11.5 Å². The maximum Gasteiger partial charge on any atom is 0.333 e. The van der Waals surface area contributed by atoms with E-state index in [1.807, 2.05) is 0 Å². The van der Waals surface area contributed by atoms with Gasteiger partial charge in [-0.1, -0.05) is 12.0 Å². The van der Waals surface area contributed by atoms with Gasteiger partial charge in [0.25, 0.3) is 11.8 Å². The summed E-state index contributed by atoms with van der Waals surface area (Å²) in [5.74, 6) is -1.81. The van der Waals surface area contributed by atoms with Crippen LogP contribution in [0.1, 0.15) is 19.8 Å². The first-order valence-corrected chi connectivity index (χ1v) is 3.92. The Bertz CT molecular complexity index is 264. The van der Waals surface area contributed by atoms with Gasteiger partial charge in [0.2, 0.25) is 0 Å². The summed E-state index contributed by atoms with van der Waals surface area (Å²) >= 11 is 0. The number of carbonyl (C=O) groups excluding carboxylic acids is 3. The van der Waals surface area contributed by atoms with E-state index in [9.17, 15) is 14.4 Å². The summed E-state index contributed by atoms with van der Waals surface area (Å²) < 4.78 is 0. The molecule has 0 saturated carbocycles. The Labute approximate surface area is 74.9 Å². The lowest BCUT2D eigenvalue weighted by atomic mass is 10.3. The van der Waals surface area contributed by atoms with Crippen LogP contribution in [0.15, 0.2) is 12.2 Å². The van der Waals surface area contributed by atoms with Gasteiger partial charge in [-0.05, 0) is 6.42 Å². The van der Waals surface area contributed by atoms with Crippen LogP contribution in [-0.4, -0.2) is 22.8 Å². The van der Waals surface area contributed by atoms with Gasteiger partial charge in [-0.15, -0.1) is 0 Å². The molecule has 0 bridgehead atoms. The average molecular weight is 183 g/mol. The van der Waals surface area contributed by atoms with Gasteiger partial charge < -0.3 is 4.84 Å². The van der Waals surface area contributed by atoms with E-state index in [1.54, 1.807) is 6.92 Å². The third-order valence-electron chi connectivity index (χ3n) is 1.42. The smallest absolute Gasteiger partial charge is 0.330 e. The van der Waals surface area contributed by atoms with Crippen molar-refractivity contribution in [3.63, 3.8) is 0 Å². The molecule has 2 amide bonds. The highest BCUT2D eigenvalue weighted by Crippen LogP contribution is 2.05. The van der Waals surface area contributed by atoms with Crippen molar-refractivity contribution < 1.29 is 19.2 Å². The van der Waals surface area contributed by atoms with Crippen molar-refractivity contribution in [2.24, 2.45) is 0 Å². The number of amides is 2. The van der Waals surface area contributed by atoms with Crippen LogP contribution < -0.4 is 0 Å². The van der Waals surface area contributed by atoms with Crippen molar-refractivity contribution >= 4 is 17.8 Å². The molecule has 13 heavy (non-hydrogen) atoms. The van der Waals surface area contributed by atoms with Crippen LogP contribution >= 0.6 is 0 Å². The van der Waals surface area contributed by atoms with Crippen LogP contribution in [0.25, 0.3) is 0 Å². The zero-order chi connectivity index (χ0) is 9.84. The molecule has 0 aromatic heterocycles. The first-order chi connectivity index (χ1) is 6.15. The minimum absolute atomic E-state index is 0.192. The number of hydroxylamine groups is 2. The normalized spacial score (nSPS) is 15.3. The third-order valence-corrected chi connectivity index (χ3v) is 1.42. The highest BCUT2D eigenvalue weighted by atomic mass is 16.7. The first-order valence-electron chi connectivity index (χ1n) is 3.92. The largest absolute Gasteiger partial charge is 0.333 e. The Hall–Kier alpha value is -1.65. The van der Waals surface area contributed by atoms with E-state index in [4.69, 9.17) is 0 Å². The number of nitrogens with zero attached hydrogens (tertiary/aromatic N) is 1. The van der Waals surface area contributed by atoms with Gasteiger partial charge in [-0.3, -0.25) is 9.59 Å². The highest BCUT2D eigenvalue weighted by molar-refractivity contribution is 6.12. The Morgan fingerprint density at radius 1 is 1.38 bits per heavy atom. The van der Waals surface area contributed by atoms with Gasteiger partial charge in [-0.2, -0.15) is 0 Å². The topological polar surface area (TPSA) is 63.7 Å². The maximum atomic E-state index is 10.9. The van der Waals surface area contributed by atoms with Crippen LogP contribution in [-0.2, 0) is 19.2 Å². The van der Waals surface area contributed by atoms with E-state index < -0.39 is 17.8 Å². The van der Waals surface area contributed by atoms with Crippen molar-refractivity contribution in [3.05, 3.63) is 12.2 Å². The fourth-order valence-corrected chi connectivity index (χ4v) is 0.828. The molecule has 5 heteroatoms. The van der Waals surface area contributed by atoms with Crippen LogP contribution in [0.5, 0.6) is 0 Å². The minimum atomic E-state index is -0.616. The molecule has 0 aromatic rings. The zero-order valence-corrected chi connectivity index (χ0v) is 7.15. The lowest BCUT2D eigenvalue weighted by Gasteiger charge is -2.11. The molecule has 0 aromatic carbocycles. The molecular weight excluding hydrogens is 174 g/mol. The van der Waals surface area contributed by atoms with Gasteiger partial charge in [0, 0.05) is 18.6 Å². The molecule has 1 aliphatic rings. The van der Waals surface area contributed by atoms with Gasteiger partial charge in [0.15, 0.2) is 0 Å². The molecule has 5 nitrogen and oxygen atoms in total. The second-order valence-corrected chi connectivity index (χ2v) is 2.52. The number of hydrogen-bond acceptors (Lipinski definition) is 4. The molecule has 0 fully saturated rings. The van der Waals surface area contributed by atoms with Crippen molar-refractivity contribution in [3.8, 4) is 0 Å². The summed E-state index contributed by atoms with van der Waals surface area (Å²) in [6.07, 6.45) is 2.92. The van der Waals surface area contributed by atoms with Gasteiger partial charge in [-0.25, -0.2) is 4.79 Å². The number of carbonyl (C=O) groups is 3. The second kappa shape index (κ2) is 3.84. The summed E-state index contributed by atoms with van der Waals surface area (Å²) in [5, 5.41) is 0.456. The lowest BCUT2D eigenvalue weighted by Crippen LogP contribution is -2.32. The Kier molecular flexibility index (Phi) is 2.79. The second-order valence-electron chi connectivity index (χ2n) is 2.52. The summed E-state index contributed by atoms with van der Waals surface area (Å²) in [6.45, 7) is 1.80. The minimum Gasteiger partial charge on any atom is -0.330 e. The third kappa shape index (κ3) is 2.14. The monoisotopic (exact) mass is 183 g/mol.